The van der Waals surface area contributed by atoms with Crippen molar-refractivity contribution in [3.05, 3.63) is 66.7 Å². The van der Waals surface area contributed by atoms with Crippen LogP contribution >= 0.6 is 7.92 Å². The second kappa shape index (κ2) is 7.21. The first-order valence-electron chi connectivity index (χ1n) is 7.19. The first-order chi connectivity index (χ1) is 11.3. The van der Waals surface area contributed by atoms with Gasteiger partial charge in [-0.2, -0.15) is 0 Å². The number of pyridine rings is 2. The van der Waals surface area contributed by atoms with Crippen molar-refractivity contribution >= 4 is 24.1 Å². The van der Waals surface area contributed by atoms with Crippen LogP contribution in [0, 0.1) is 0 Å². The molecule has 0 radical (unpaired) electrons. The van der Waals surface area contributed by atoms with Gasteiger partial charge in [-0.05, 0) is 17.4 Å². The fraction of sp³-hybridized carbons (Fsp3) is 0.111. The third-order valence-corrected chi connectivity index (χ3v) is 5.54. The van der Waals surface area contributed by atoms with E-state index < -0.39 is 7.92 Å². The standard InChI is InChI=1S/C18H17N2O2P/c1-21-15-10-6-12-17(19-15)23(14-8-4-3-5-9-14)18-13-7-11-16(20-18)22-2/h3-13H,1-2H3. The highest BCUT2D eigenvalue weighted by Crippen LogP contribution is 2.32. The van der Waals surface area contributed by atoms with Crippen LogP contribution in [0.4, 0.5) is 0 Å². The predicted molar refractivity (Wildman–Crippen MR) is 93.8 cm³/mol. The van der Waals surface area contributed by atoms with Gasteiger partial charge in [0.05, 0.1) is 25.1 Å². The Morgan fingerprint density at radius 2 is 1.17 bits per heavy atom. The molecule has 0 amide bonds. The fourth-order valence-electron chi connectivity index (χ4n) is 2.24. The molecule has 5 heteroatoms. The van der Waals surface area contributed by atoms with Crippen LogP contribution in [-0.2, 0) is 0 Å². The molecule has 3 aromatic rings. The Morgan fingerprint density at radius 1 is 0.652 bits per heavy atom. The van der Waals surface area contributed by atoms with Crippen molar-refractivity contribution in [2.75, 3.05) is 14.2 Å². The van der Waals surface area contributed by atoms with E-state index in [1.54, 1.807) is 14.2 Å². The summed E-state index contributed by atoms with van der Waals surface area (Å²) < 4.78 is 10.6. The molecule has 2 heterocycles. The van der Waals surface area contributed by atoms with Crippen LogP contribution < -0.4 is 25.6 Å². The zero-order valence-corrected chi connectivity index (χ0v) is 13.9. The van der Waals surface area contributed by atoms with Crippen LogP contribution in [0.5, 0.6) is 11.8 Å². The zero-order valence-electron chi connectivity index (χ0n) is 13.0. The summed E-state index contributed by atoms with van der Waals surface area (Å²) in [7, 11) is 2.38. The Hall–Kier alpha value is -2.45. The molecule has 0 saturated heterocycles. The van der Waals surface area contributed by atoms with E-state index in [1.807, 2.05) is 54.6 Å². The van der Waals surface area contributed by atoms with Crippen molar-refractivity contribution in [2.24, 2.45) is 0 Å². The van der Waals surface area contributed by atoms with Crippen LogP contribution in [-0.4, -0.2) is 24.2 Å². The van der Waals surface area contributed by atoms with Crippen LogP contribution in [0.2, 0.25) is 0 Å². The quantitative estimate of drug-likeness (QED) is 0.675. The van der Waals surface area contributed by atoms with E-state index in [0.29, 0.717) is 11.8 Å². The number of methoxy groups -OCH3 is 2. The summed E-state index contributed by atoms with van der Waals surface area (Å²) in [6.45, 7) is 0. The molecule has 0 aliphatic carbocycles. The minimum absolute atomic E-state index is 0.605. The molecule has 0 fully saturated rings. The topological polar surface area (TPSA) is 44.2 Å². The summed E-state index contributed by atoms with van der Waals surface area (Å²) in [6, 6.07) is 21.9. The minimum atomic E-state index is -0.872. The van der Waals surface area contributed by atoms with E-state index in [9.17, 15) is 0 Å². The maximum Gasteiger partial charge on any atom is 0.213 e. The highest BCUT2D eigenvalue weighted by molar-refractivity contribution is 7.79. The summed E-state index contributed by atoms with van der Waals surface area (Å²) in [5, 5.41) is 1.18. The van der Waals surface area contributed by atoms with Crippen molar-refractivity contribution in [2.45, 2.75) is 0 Å². The molecule has 0 saturated carbocycles. The molecular weight excluding hydrogens is 307 g/mol. The number of nitrogens with zero attached hydrogens (tertiary/aromatic N) is 2. The molecule has 1 aromatic carbocycles. The number of hydrogen-bond acceptors (Lipinski definition) is 4. The first kappa shape index (κ1) is 15.4. The van der Waals surface area contributed by atoms with Gasteiger partial charge < -0.3 is 9.47 Å². The van der Waals surface area contributed by atoms with Crippen LogP contribution in [0.15, 0.2) is 66.7 Å². The minimum Gasteiger partial charge on any atom is -0.481 e. The molecule has 4 nitrogen and oxygen atoms in total. The molecule has 0 atom stereocenters. The summed E-state index contributed by atoms with van der Waals surface area (Å²) in [4.78, 5) is 9.25. The van der Waals surface area contributed by atoms with Gasteiger partial charge in [-0.3, -0.25) is 0 Å². The van der Waals surface area contributed by atoms with Crippen molar-refractivity contribution in [1.29, 1.82) is 0 Å². The van der Waals surface area contributed by atoms with E-state index in [4.69, 9.17) is 9.47 Å². The van der Waals surface area contributed by atoms with Gasteiger partial charge in [0.25, 0.3) is 0 Å². The lowest BCUT2D eigenvalue weighted by Crippen LogP contribution is -2.25. The second-order valence-electron chi connectivity index (χ2n) is 4.75. The molecule has 116 valence electrons. The Bertz CT molecular complexity index is 733. The Labute approximate surface area is 136 Å². The SMILES string of the molecule is COc1cccc(P(c2ccccc2)c2cccc(OC)n2)n1. The lowest BCUT2D eigenvalue weighted by molar-refractivity contribution is 0.399. The highest BCUT2D eigenvalue weighted by Gasteiger charge is 2.20. The molecule has 0 unspecified atom stereocenters. The van der Waals surface area contributed by atoms with E-state index >= 15 is 0 Å². The van der Waals surface area contributed by atoms with Crippen molar-refractivity contribution < 1.29 is 9.47 Å². The normalized spacial score (nSPS) is 10.6. The summed E-state index contributed by atoms with van der Waals surface area (Å²) in [5.41, 5.74) is 1.90. The molecule has 3 rings (SSSR count). The first-order valence-corrected chi connectivity index (χ1v) is 8.53. The lowest BCUT2D eigenvalue weighted by atomic mass is 10.4. The maximum absolute atomic E-state index is 5.28. The van der Waals surface area contributed by atoms with Gasteiger partial charge >= 0.3 is 0 Å². The van der Waals surface area contributed by atoms with Crippen LogP contribution in [0.1, 0.15) is 0 Å². The maximum atomic E-state index is 5.28. The van der Waals surface area contributed by atoms with Gasteiger partial charge in [0.2, 0.25) is 11.8 Å². The highest BCUT2D eigenvalue weighted by atomic mass is 31.1. The summed E-state index contributed by atoms with van der Waals surface area (Å²) in [6.07, 6.45) is 0. The number of rotatable bonds is 5. The van der Waals surface area contributed by atoms with E-state index in [0.717, 1.165) is 10.9 Å². The Kier molecular flexibility index (Phi) is 4.84. The molecule has 0 aliphatic heterocycles. The molecule has 0 N–H and O–H groups in total. The molecule has 0 spiro atoms. The summed E-state index contributed by atoms with van der Waals surface area (Å²) in [5.74, 6) is 1.21. The molecule has 0 bridgehead atoms. The third-order valence-electron chi connectivity index (χ3n) is 3.31. The average molecular weight is 324 g/mol. The average Bonchev–Trinajstić information content (AvgIpc) is 2.63. The van der Waals surface area contributed by atoms with Crippen molar-refractivity contribution in [1.82, 2.24) is 9.97 Å². The molecule has 0 aliphatic rings. The Balaban J connectivity index is 2.13. The number of ether oxygens (including phenoxy) is 2. The molecular formula is C18H17N2O2P. The Morgan fingerprint density at radius 3 is 1.65 bits per heavy atom. The van der Waals surface area contributed by atoms with Gasteiger partial charge in [0.15, 0.2) is 0 Å². The van der Waals surface area contributed by atoms with Gasteiger partial charge in [0.1, 0.15) is 0 Å². The van der Waals surface area contributed by atoms with Crippen LogP contribution in [0.3, 0.4) is 0 Å². The fourth-order valence-corrected chi connectivity index (χ4v) is 4.34. The number of hydrogen-bond donors (Lipinski definition) is 0. The monoisotopic (exact) mass is 324 g/mol. The van der Waals surface area contributed by atoms with Gasteiger partial charge in [-0.1, -0.05) is 42.5 Å². The van der Waals surface area contributed by atoms with E-state index in [2.05, 4.69) is 22.1 Å². The lowest BCUT2D eigenvalue weighted by Gasteiger charge is -2.18. The zero-order chi connectivity index (χ0) is 16.1. The van der Waals surface area contributed by atoms with Crippen LogP contribution in [0.25, 0.3) is 0 Å². The predicted octanol–water partition coefficient (Wildman–Crippen LogP) is 2.25. The summed E-state index contributed by atoms with van der Waals surface area (Å²) >= 11 is 0. The number of benzene rings is 1. The third kappa shape index (κ3) is 3.49. The van der Waals surface area contributed by atoms with E-state index in [1.165, 1.54) is 5.30 Å². The molecule has 23 heavy (non-hydrogen) atoms. The van der Waals surface area contributed by atoms with E-state index in [-0.39, 0.29) is 0 Å². The van der Waals surface area contributed by atoms with Crippen molar-refractivity contribution in [3.63, 3.8) is 0 Å². The largest absolute Gasteiger partial charge is 0.481 e. The van der Waals surface area contributed by atoms with Crippen molar-refractivity contribution in [3.8, 4) is 11.8 Å². The second-order valence-corrected chi connectivity index (χ2v) is 6.85. The van der Waals surface area contributed by atoms with Gasteiger partial charge in [-0.15, -0.1) is 0 Å². The van der Waals surface area contributed by atoms with Gasteiger partial charge in [-0.25, -0.2) is 9.97 Å². The number of aromatic nitrogens is 2. The van der Waals surface area contributed by atoms with Gasteiger partial charge in [0, 0.05) is 20.1 Å². The molecule has 2 aromatic heterocycles. The smallest absolute Gasteiger partial charge is 0.213 e.